The molecule has 0 spiro atoms. The summed E-state index contributed by atoms with van der Waals surface area (Å²) in [5.41, 5.74) is 2.51. The first-order valence-electron chi connectivity index (χ1n) is 12.7. The number of benzene rings is 1. The van der Waals surface area contributed by atoms with E-state index in [9.17, 15) is 4.79 Å². The minimum atomic E-state index is -0.450. The van der Waals surface area contributed by atoms with Crippen LogP contribution in [0.5, 0.6) is 0 Å². The fraction of sp³-hybridized carbons (Fsp3) is 0.654. The molecule has 9 heteroatoms. The zero-order chi connectivity index (χ0) is 24.8. The average Bonchev–Trinajstić information content (AvgIpc) is 3.35. The molecule has 2 N–H and O–H groups in total. The molecule has 1 aromatic rings. The van der Waals surface area contributed by atoms with Gasteiger partial charge in [-0.15, -0.1) is 0 Å². The van der Waals surface area contributed by atoms with Gasteiger partial charge in [-0.25, -0.2) is 0 Å². The van der Waals surface area contributed by atoms with E-state index in [1.165, 1.54) is 0 Å². The van der Waals surface area contributed by atoms with Gasteiger partial charge in [0, 0.05) is 45.7 Å². The molecule has 1 aromatic carbocycles. The highest BCUT2D eigenvalue weighted by atomic mass is 16.5. The summed E-state index contributed by atoms with van der Waals surface area (Å²) < 4.78 is 12.2. The van der Waals surface area contributed by atoms with Crippen LogP contribution >= 0.6 is 0 Å². The fourth-order valence-electron chi connectivity index (χ4n) is 4.90. The van der Waals surface area contributed by atoms with Crippen molar-refractivity contribution in [2.45, 2.75) is 44.2 Å². The van der Waals surface area contributed by atoms with E-state index < -0.39 is 11.6 Å². The van der Waals surface area contributed by atoms with Gasteiger partial charge in [-0.1, -0.05) is 13.0 Å². The lowest BCUT2D eigenvalue weighted by molar-refractivity contribution is -0.118. The van der Waals surface area contributed by atoms with Crippen LogP contribution in [0.15, 0.2) is 23.2 Å². The van der Waals surface area contributed by atoms with Crippen molar-refractivity contribution in [1.29, 1.82) is 5.26 Å². The minimum Gasteiger partial charge on any atom is -0.381 e. The standard InChI is InChI=1S/C26H38N6O3/c1-19-6-10-32(11-7-19)23-16-20(26(8-13-34-14-9-26)35-15-12-31(2)3)4-5-22(23)30-25(33)24-28-18-21(17-27)29-24/h4-5,16,19,21H,6-15,18H2,1-3H3,(H,28,29)(H,30,33). The first kappa shape index (κ1) is 25.4. The van der Waals surface area contributed by atoms with E-state index in [1.54, 1.807) is 0 Å². The average molecular weight is 483 g/mol. The summed E-state index contributed by atoms with van der Waals surface area (Å²) in [4.78, 5) is 21.6. The molecule has 1 atom stereocenters. The highest BCUT2D eigenvalue weighted by molar-refractivity contribution is 6.42. The maximum atomic E-state index is 12.9. The van der Waals surface area contributed by atoms with Crippen molar-refractivity contribution in [3.05, 3.63) is 23.8 Å². The van der Waals surface area contributed by atoms with Crippen molar-refractivity contribution in [2.75, 3.05) is 70.3 Å². The van der Waals surface area contributed by atoms with Crippen molar-refractivity contribution >= 4 is 23.1 Å². The Labute approximate surface area is 208 Å². The van der Waals surface area contributed by atoms with Crippen LogP contribution in [0.25, 0.3) is 0 Å². The lowest BCUT2D eigenvalue weighted by atomic mass is 9.85. The number of anilines is 2. The molecule has 3 aliphatic rings. The highest BCUT2D eigenvalue weighted by Crippen LogP contribution is 2.40. The summed E-state index contributed by atoms with van der Waals surface area (Å²) in [6.07, 6.45) is 3.85. The first-order valence-corrected chi connectivity index (χ1v) is 12.7. The Bertz CT molecular complexity index is 958. The van der Waals surface area contributed by atoms with E-state index in [1.807, 2.05) is 6.07 Å². The predicted molar refractivity (Wildman–Crippen MR) is 137 cm³/mol. The number of carbonyl (C=O) groups excluding carboxylic acids is 1. The summed E-state index contributed by atoms with van der Waals surface area (Å²) in [7, 11) is 4.10. The number of piperidine rings is 1. The molecule has 190 valence electrons. The van der Waals surface area contributed by atoms with Gasteiger partial charge >= 0.3 is 0 Å². The zero-order valence-electron chi connectivity index (χ0n) is 21.2. The Balaban J connectivity index is 1.62. The van der Waals surface area contributed by atoms with Gasteiger partial charge in [0.25, 0.3) is 5.91 Å². The quantitative estimate of drug-likeness (QED) is 0.586. The van der Waals surface area contributed by atoms with E-state index >= 15 is 0 Å². The Morgan fingerprint density at radius 2 is 2.09 bits per heavy atom. The molecule has 3 heterocycles. The summed E-state index contributed by atoms with van der Waals surface area (Å²) in [6, 6.07) is 7.93. The van der Waals surface area contributed by atoms with Crippen LogP contribution in [-0.2, 0) is 19.9 Å². The van der Waals surface area contributed by atoms with Gasteiger partial charge in [-0.3, -0.25) is 9.79 Å². The minimum absolute atomic E-state index is 0.215. The molecule has 0 aliphatic carbocycles. The first-order chi connectivity index (χ1) is 16.9. The number of rotatable bonds is 8. The maximum absolute atomic E-state index is 12.9. The molecule has 0 aromatic heterocycles. The van der Waals surface area contributed by atoms with Gasteiger partial charge in [-0.05, 0) is 50.6 Å². The molecule has 0 radical (unpaired) electrons. The second-order valence-corrected chi connectivity index (χ2v) is 10.1. The number of ether oxygens (including phenoxy) is 2. The summed E-state index contributed by atoms with van der Waals surface area (Å²) >= 11 is 0. The molecule has 0 bridgehead atoms. The Morgan fingerprint density at radius 1 is 1.34 bits per heavy atom. The van der Waals surface area contributed by atoms with Crippen LogP contribution in [0.4, 0.5) is 11.4 Å². The molecule has 1 unspecified atom stereocenters. The van der Waals surface area contributed by atoms with Crippen LogP contribution in [0.1, 0.15) is 38.2 Å². The molecular formula is C26H38N6O3. The van der Waals surface area contributed by atoms with Crippen LogP contribution < -0.4 is 15.5 Å². The van der Waals surface area contributed by atoms with E-state index in [-0.39, 0.29) is 11.7 Å². The number of hydrogen-bond acceptors (Lipinski definition) is 8. The van der Waals surface area contributed by atoms with Crippen LogP contribution in [0.2, 0.25) is 0 Å². The van der Waals surface area contributed by atoms with Gasteiger partial charge < -0.3 is 29.9 Å². The Morgan fingerprint density at radius 3 is 2.74 bits per heavy atom. The number of nitrogens with one attached hydrogen (secondary N) is 2. The Hall–Kier alpha value is -2.67. The normalized spacial score (nSPS) is 22.4. The van der Waals surface area contributed by atoms with Gasteiger partial charge in [-0.2, -0.15) is 5.26 Å². The van der Waals surface area contributed by atoms with Crippen molar-refractivity contribution in [3.63, 3.8) is 0 Å². The number of likely N-dealkylation sites (N-methyl/N-ethyl adjacent to an activating group) is 1. The van der Waals surface area contributed by atoms with Crippen molar-refractivity contribution in [2.24, 2.45) is 10.9 Å². The van der Waals surface area contributed by atoms with E-state index in [4.69, 9.17) is 14.7 Å². The number of nitrogens with zero attached hydrogens (tertiary/aromatic N) is 4. The predicted octanol–water partition coefficient (Wildman–Crippen LogP) is 2.34. The number of nitriles is 1. The maximum Gasteiger partial charge on any atom is 0.290 e. The van der Waals surface area contributed by atoms with E-state index in [0.717, 1.165) is 62.3 Å². The molecule has 2 fully saturated rings. The molecular weight excluding hydrogens is 444 g/mol. The summed E-state index contributed by atoms with van der Waals surface area (Å²) in [5, 5.41) is 15.1. The Kier molecular flexibility index (Phi) is 8.26. The third-order valence-corrected chi connectivity index (χ3v) is 7.23. The summed E-state index contributed by atoms with van der Waals surface area (Å²) in [5.74, 6) is 0.598. The molecule has 9 nitrogen and oxygen atoms in total. The van der Waals surface area contributed by atoms with Crippen molar-refractivity contribution in [1.82, 2.24) is 10.2 Å². The lowest BCUT2D eigenvalue weighted by Gasteiger charge is -2.39. The number of hydrogen-bond donors (Lipinski definition) is 2. The smallest absolute Gasteiger partial charge is 0.290 e. The van der Waals surface area contributed by atoms with E-state index in [0.29, 0.717) is 32.3 Å². The van der Waals surface area contributed by atoms with Gasteiger partial charge in [0.1, 0.15) is 6.04 Å². The highest BCUT2D eigenvalue weighted by Gasteiger charge is 2.37. The topological polar surface area (TPSA) is 102 Å². The van der Waals surface area contributed by atoms with Gasteiger partial charge in [0.2, 0.25) is 0 Å². The van der Waals surface area contributed by atoms with Crippen LogP contribution in [0, 0.1) is 17.2 Å². The molecule has 4 rings (SSSR count). The van der Waals surface area contributed by atoms with Crippen LogP contribution in [0.3, 0.4) is 0 Å². The third kappa shape index (κ3) is 6.13. The zero-order valence-corrected chi connectivity index (χ0v) is 21.2. The SMILES string of the molecule is CC1CCN(c2cc(C3(OCCN(C)C)CCOCC3)ccc2NC(=O)C2=NCC(C#N)N2)CC1. The molecule has 0 saturated carbocycles. The fourth-order valence-corrected chi connectivity index (χ4v) is 4.90. The molecule has 1 amide bonds. The summed E-state index contributed by atoms with van der Waals surface area (Å²) in [6.45, 7) is 7.32. The number of amides is 1. The molecule has 35 heavy (non-hydrogen) atoms. The van der Waals surface area contributed by atoms with E-state index in [2.05, 4.69) is 64.6 Å². The van der Waals surface area contributed by atoms with Gasteiger partial charge in [0.05, 0.1) is 36.2 Å². The van der Waals surface area contributed by atoms with Gasteiger partial charge in [0.15, 0.2) is 5.84 Å². The second kappa shape index (κ2) is 11.4. The molecule has 2 saturated heterocycles. The monoisotopic (exact) mass is 482 g/mol. The van der Waals surface area contributed by atoms with Crippen molar-refractivity contribution in [3.8, 4) is 6.07 Å². The largest absolute Gasteiger partial charge is 0.381 e. The molecule has 3 aliphatic heterocycles. The lowest BCUT2D eigenvalue weighted by Crippen LogP contribution is -2.39. The number of carbonyl (C=O) groups is 1. The third-order valence-electron chi connectivity index (χ3n) is 7.23. The number of aliphatic imine (C=N–C) groups is 1. The second-order valence-electron chi connectivity index (χ2n) is 10.1. The van der Waals surface area contributed by atoms with Crippen molar-refractivity contribution < 1.29 is 14.3 Å². The van der Waals surface area contributed by atoms with Crippen LogP contribution in [-0.4, -0.2) is 82.8 Å². The number of amidine groups is 1.